The van der Waals surface area contributed by atoms with Crippen molar-refractivity contribution in [1.29, 1.82) is 0 Å². The van der Waals surface area contributed by atoms with E-state index in [2.05, 4.69) is 9.44 Å². The lowest BCUT2D eigenvalue weighted by Crippen LogP contribution is -2.24. The van der Waals surface area contributed by atoms with Crippen molar-refractivity contribution in [3.8, 4) is 0 Å². The predicted molar refractivity (Wildman–Crippen MR) is 73.9 cm³/mol. The lowest BCUT2D eigenvalue weighted by atomic mass is 10.2. The molecule has 0 amide bonds. The topological polar surface area (TPSA) is 92.3 Å². The molecule has 0 aliphatic rings. The Balaban J connectivity index is 2.67. The zero-order valence-electron chi connectivity index (χ0n) is 10.9. The summed E-state index contributed by atoms with van der Waals surface area (Å²) in [5.41, 5.74) is 0.867. The van der Waals surface area contributed by atoms with Crippen LogP contribution in [0.2, 0.25) is 0 Å². The van der Waals surface area contributed by atoms with Gasteiger partial charge < -0.3 is 0 Å². The molecule has 0 radical (unpaired) electrons. The van der Waals surface area contributed by atoms with Crippen LogP contribution in [0.3, 0.4) is 0 Å². The van der Waals surface area contributed by atoms with Gasteiger partial charge in [0.15, 0.2) is 0 Å². The number of hydrogen-bond acceptors (Lipinski definition) is 4. The summed E-state index contributed by atoms with van der Waals surface area (Å²) in [4.78, 5) is 0.203. The molecule has 0 bridgehead atoms. The van der Waals surface area contributed by atoms with Crippen LogP contribution in [0.4, 0.5) is 0 Å². The third-order valence-corrected chi connectivity index (χ3v) is 4.64. The average molecular weight is 306 g/mol. The van der Waals surface area contributed by atoms with Crippen molar-refractivity contribution >= 4 is 20.0 Å². The number of nitrogens with one attached hydrogen (secondary N) is 2. The van der Waals surface area contributed by atoms with Gasteiger partial charge in [-0.2, -0.15) is 0 Å². The largest absolute Gasteiger partial charge is 0.240 e. The molecule has 1 rings (SSSR count). The zero-order valence-corrected chi connectivity index (χ0v) is 12.5. The number of rotatable bonds is 7. The molecule has 1 aromatic carbocycles. The van der Waals surface area contributed by atoms with Gasteiger partial charge in [-0.05, 0) is 24.1 Å². The van der Waals surface area contributed by atoms with Crippen molar-refractivity contribution in [2.75, 3.05) is 19.3 Å². The van der Waals surface area contributed by atoms with E-state index in [1.54, 1.807) is 19.1 Å². The van der Waals surface area contributed by atoms with Gasteiger partial charge in [-0.15, -0.1) is 0 Å². The zero-order chi connectivity index (χ0) is 14.5. The van der Waals surface area contributed by atoms with Crippen LogP contribution in [0.25, 0.3) is 0 Å². The van der Waals surface area contributed by atoms with Crippen molar-refractivity contribution in [1.82, 2.24) is 9.44 Å². The highest BCUT2D eigenvalue weighted by molar-refractivity contribution is 7.89. The molecule has 2 N–H and O–H groups in total. The van der Waals surface area contributed by atoms with E-state index in [0.29, 0.717) is 13.0 Å². The maximum Gasteiger partial charge on any atom is 0.240 e. The van der Waals surface area contributed by atoms with Gasteiger partial charge in [0, 0.05) is 13.1 Å². The van der Waals surface area contributed by atoms with E-state index in [0.717, 1.165) is 11.8 Å². The minimum atomic E-state index is -3.43. The van der Waals surface area contributed by atoms with Crippen LogP contribution in [-0.4, -0.2) is 36.2 Å². The average Bonchev–Trinajstić information content (AvgIpc) is 2.28. The van der Waals surface area contributed by atoms with E-state index in [9.17, 15) is 16.8 Å². The van der Waals surface area contributed by atoms with E-state index in [1.807, 2.05) is 0 Å². The van der Waals surface area contributed by atoms with Crippen LogP contribution in [0, 0.1) is 0 Å². The Labute approximate surface area is 114 Å². The molecule has 0 unspecified atom stereocenters. The summed E-state index contributed by atoms with van der Waals surface area (Å²) in [7, 11) is -6.62. The van der Waals surface area contributed by atoms with Gasteiger partial charge in [0.05, 0.1) is 11.2 Å². The van der Waals surface area contributed by atoms with E-state index in [1.165, 1.54) is 12.1 Å². The van der Waals surface area contributed by atoms with E-state index < -0.39 is 20.0 Å². The van der Waals surface area contributed by atoms with Crippen LogP contribution in [0.5, 0.6) is 0 Å². The third-order valence-electron chi connectivity index (χ3n) is 2.35. The maximum atomic E-state index is 11.7. The highest BCUT2D eigenvalue weighted by atomic mass is 32.2. The first kappa shape index (κ1) is 16.1. The van der Waals surface area contributed by atoms with Gasteiger partial charge in [0.1, 0.15) is 0 Å². The molecule has 0 saturated carbocycles. The summed E-state index contributed by atoms with van der Waals surface area (Å²) >= 11 is 0. The number of sulfonamides is 2. The highest BCUT2D eigenvalue weighted by Gasteiger charge is 2.11. The fraction of sp³-hybridized carbons (Fsp3) is 0.455. The Morgan fingerprint density at radius 1 is 1.00 bits per heavy atom. The Bertz CT molecular complexity index is 607. The molecule has 0 fully saturated rings. The van der Waals surface area contributed by atoms with Gasteiger partial charge in [-0.25, -0.2) is 26.3 Å². The second-order valence-corrected chi connectivity index (χ2v) is 7.66. The fourth-order valence-corrected chi connectivity index (χ4v) is 3.00. The Hall–Kier alpha value is -0.960. The second kappa shape index (κ2) is 6.47. The quantitative estimate of drug-likeness (QED) is 0.746. The van der Waals surface area contributed by atoms with Crippen LogP contribution in [0.15, 0.2) is 29.2 Å². The van der Waals surface area contributed by atoms with Crippen molar-refractivity contribution in [3.63, 3.8) is 0 Å². The molecular weight excluding hydrogens is 288 g/mol. The minimum Gasteiger partial charge on any atom is -0.215 e. The number of hydrogen-bond donors (Lipinski definition) is 2. The summed E-state index contributed by atoms with van der Waals surface area (Å²) in [6.45, 7) is 2.34. The second-order valence-electron chi connectivity index (χ2n) is 4.06. The molecule has 0 saturated heterocycles. The van der Waals surface area contributed by atoms with Crippen molar-refractivity contribution in [3.05, 3.63) is 29.8 Å². The normalized spacial score (nSPS) is 12.5. The molecule has 108 valence electrons. The van der Waals surface area contributed by atoms with Crippen molar-refractivity contribution < 1.29 is 16.8 Å². The molecule has 0 aromatic heterocycles. The molecular formula is C11H18N2O4S2. The van der Waals surface area contributed by atoms with Gasteiger partial charge in [0.2, 0.25) is 20.0 Å². The van der Waals surface area contributed by atoms with Crippen molar-refractivity contribution in [2.45, 2.75) is 18.2 Å². The maximum absolute atomic E-state index is 11.7. The molecule has 1 aromatic rings. The SMILES string of the molecule is CCNS(=O)(=O)c1ccc(CCNS(C)(=O)=O)cc1. The van der Waals surface area contributed by atoms with Crippen LogP contribution < -0.4 is 9.44 Å². The molecule has 8 heteroatoms. The van der Waals surface area contributed by atoms with Gasteiger partial charge in [-0.1, -0.05) is 19.1 Å². The lowest BCUT2D eigenvalue weighted by molar-refractivity contribution is 0.583. The Kier molecular flexibility index (Phi) is 5.48. The summed E-state index contributed by atoms with van der Waals surface area (Å²) in [6.07, 6.45) is 1.60. The highest BCUT2D eigenvalue weighted by Crippen LogP contribution is 2.10. The smallest absolute Gasteiger partial charge is 0.215 e. The molecule has 0 aliphatic heterocycles. The van der Waals surface area contributed by atoms with Gasteiger partial charge in [-0.3, -0.25) is 0 Å². The summed E-state index contributed by atoms with van der Waals surface area (Å²) in [6, 6.07) is 6.36. The number of benzene rings is 1. The molecule has 19 heavy (non-hydrogen) atoms. The van der Waals surface area contributed by atoms with Crippen LogP contribution >= 0.6 is 0 Å². The molecule has 6 nitrogen and oxygen atoms in total. The van der Waals surface area contributed by atoms with Crippen LogP contribution in [-0.2, 0) is 26.5 Å². The van der Waals surface area contributed by atoms with Gasteiger partial charge >= 0.3 is 0 Å². The first-order chi connectivity index (χ1) is 8.74. The first-order valence-corrected chi connectivity index (χ1v) is 9.15. The molecule has 0 spiro atoms. The third kappa shape index (κ3) is 5.68. The molecule has 0 atom stereocenters. The summed E-state index contributed by atoms with van der Waals surface area (Å²) in [5.74, 6) is 0. The van der Waals surface area contributed by atoms with E-state index in [-0.39, 0.29) is 11.4 Å². The van der Waals surface area contributed by atoms with Gasteiger partial charge in [0.25, 0.3) is 0 Å². The van der Waals surface area contributed by atoms with Crippen LogP contribution in [0.1, 0.15) is 12.5 Å². The standard InChI is InChI=1S/C11H18N2O4S2/c1-3-12-19(16,17)11-6-4-10(5-7-11)8-9-13-18(2,14)15/h4-7,12-13H,3,8-9H2,1-2H3. The monoisotopic (exact) mass is 306 g/mol. The molecule has 0 aliphatic carbocycles. The first-order valence-electron chi connectivity index (χ1n) is 5.78. The van der Waals surface area contributed by atoms with Crippen molar-refractivity contribution in [2.24, 2.45) is 0 Å². The summed E-state index contributed by atoms with van der Waals surface area (Å²) < 4.78 is 49.9. The fourth-order valence-electron chi connectivity index (χ4n) is 1.49. The molecule has 0 heterocycles. The van der Waals surface area contributed by atoms with E-state index >= 15 is 0 Å². The lowest BCUT2D eigenvalue weighted by Gasteiger charge is -2.06. The minimum absolute atomic E-state index is 0.203. The predicted octanol–water partition coefficient (Wildman–Crippen LogP) is 0.0765. The Morgan fingerprint density at radius 3 is 2.05 bits per heavy atom. The Morgan fingerprint density at radius 2 is 1.58 bits per heavy atom. The van der Waals surface area contributed by atoms with E-state index in [4.69, 9.17) is 0 Å². The summed E-state index contributed by atoms with van der Waals surface area (Å²) in [5, 5.41) is 0.